The zero-order chi connectivity index (χ0) is 14.9. The van der Waals surface area contributed by atoms with Gasteiger partial charge in [0.1, 0.15) is 0 Å². The van der Waals surface area contributed by atoms with Crippen LogP contribution >= 0.6 is 0 Å². The molecule has 0 aromatic rings. The van der Waals surface area contributed by atoms with Gasteiger partial charge in [0.25, 0.3) is 0 Å². The number of rotatable bonds is 5. The molecule has 0 spiro atoms. The number of alkyl halides is 3. The van der Waals surface area contributed by atoms with Crippen LogP contribution in [0.25, 0.3) is 0 Å². The average molecular weight is 294 g/mol. The Morgan fingerprint density at radius 1 is 1.20 bits per heavy atom. The van der Waals surface area contributed by atoms with Gasteiger partial charge in [0.05, 0.1) is 19.0 Å². The maximum absolute atomic E-state index is 11.9. The first-order chi connectivity index (χ1) is 9.28. The number of aliphatic carboxylic acids is 1. The van der Waals surface area contributed by atoms with Gasteiger partial charge in [-0.3, -0.25) is 9.59 Å². The quantitative estimate of drug-likeness (QED) is 0.699. The monoisotopic (exact) mass is 294 g/mol. The summed E-state index contributed by atoms with van der Waals surface area (Å²) in [5, 5.41) is 13.8. The van der Waals surface area contributed by atoms with E-state index in [2.05, 4.69) is 5.32 Å². The van der Waals surface area contributed by atoms with Crippen LogP contribution in [-0.4, -0.2) is 42.3 Å². The summed E-state index contributed by atoms with van der Waals surface area (Å²) >= 11 is 0. The number of carbonyl (C=O) groups is 2. The zero-order valence-electron chi connectivity index (χ0n) is 10.7. The molecule has 0 radical (unpaired) electrons. The third kappa shape index (κ3) is 3.41. The summed E-state index contributed by atoms with van der Waals surface area (Å²) in [6.45, 7) is -1.70. The highest BCUT2D eigenvalue weighted by Crippen LogP contribution is 2.48. The molecule has 5 nitrogen and oxygen atoms in total. The van der Waals surface area contributed by atoms with Crippen LogP contribution in [0.4, 0.5) is 13.2 Å². The molecule has 0 aromatic heterocycles. The number of nitrogens with one attached hydrogen (secondary N) is 2. The molecule has 4 unspecified atom stereocenters. The van der Waals surface area contributed by atoms with Gasteiger partial charge in [0.15, 0.2) is 0 Å². The molecule has 114 valence electrons. The van der Waals surface area contributed by atoms with Crippen LogP contribution in [-0.2, 0) is 9.59 Å². The van der Waals surface area contributed by atoms with E-state index < -0.39 is 43.1 Å². The smallest absolute Gasteiger partial charge is 0.401 e. The first kappa shape index (κ1) is 15.1. The van der Waals surface area contributed by atoms with Crippen LogP contribution in [0.5, 0.6) is 0 Å². The predicted molar refractivity (Wildman–Crippen MR) is 62.8 cm³/mol. The van der Waals surface area contributed by atoms with Crippen molar-refractivity contribution < 1.29 is 27.9 Å². The fourth-order valence-electron chi connectivity index (χ4n) is 3.41. The number of carbonyl (C=O) groups excluding carboxylic acids is 1. The molecule has 2 fully saturated rings. The van der Waals surface area contributed by atoms with E-state index in [0.717, 1.165) is 19.3 Å². The van der Waals surface area contributed by atoms with Gasteiger partial charge in [-0.15, -0.1) is 0 Å². The van der Waals surface area contributed by atoms with Crippen LogP contribution in [0.15, 0.2) is 0 Å². The van der Waals surface area contributed by atoms with Crippen molar-refractivity contribution in [3.8, 4) is 0 Å². The van der Waals surface area contributed by atoms with Gasteiger partial charge in [-0.25, -0.2) is 0 Å². The Bertz CT molecular complexity index is 400. The van der Waals surface area contributed by atoms with Crippen molar-refractivity contribution in [1.29, 1.82) is 0 Å². The third-order valence-electron chi connectivity index (χ3n) is 4.14. The molecule has 20 heavy (non-hydrogen) atoms. The van der Waals surface area contributed by atoms with E-state index in [1.165, 1.54) is 0 Å². The predicted octanol–water partition coefficient (Wildman–Crippen LogP) is 0.754. The zero-order valence-corrected chi connectivity index (χ0v) is 10.7. The molecule has 2 saturated carbocycles. The van der Waals surface area contributed by atoms with Gasteiger partial charge in [0, 0.05) is 6.04 Å². The fraction of sp³-hybridized carbons (Fsp3) is 0.833. The van der Waals surface area contributed by atoms with Gasteiger partial charge in [-0.1, -0.05) is 0 Å². The lowest BCUT2D eigenvalue weighted by molar-refractivity contribution is -0.144. The second-order valence-electron chi connectivity index (χ2n) is 5.51. The maximum atomic E-state index is 11.9. The van der Waals surface area contributed by atoms with Crippen LogP contribution in [0.3, 0.4) is 0 Å². The first-order valence-corrected chi connectivity index (χ1v) is 6.57. The molecule has 1 amide bonds. The summed E-state index contributed by atoms with van der Waals surface area (Å²) in [6, 6.07) is -0.452. The van der Waals surface area contributed by atoms with E-state index in [4.69, 9.17) is 0 Å². The lowest BCUT2D eigenvalue weighted by Gasteiger charge is -2.28. The fourth-order valence-corrected chi connectivity index (χ4v) is 3.41. The molecular formula is C12H17F3N2O3. The van der Waals surface area contributed by atoms with Gasteiger partial charge in [-0.05, 0) is 31.1 Å². The highest BCUT2D eigenvalue weighted by atomic mass is 19.4. The number of hydrogen-bond acceptors (Lipinski definition) is 3. The summed E-state index contributed by atoms with van der Waals surface area (Å²) in [5.74, 6) is -1.93. The van der Waals surface area contributed by atoms with Gasteiger partial charge in [0.2, 0.25) is 5.91 Å². The van der Waals surface area contributed by atoms with Crippen LogP contribution in [0.1, 0.15) is 19.3 Å². The molecular weight excluding hydrogens is 277 g/mol. The SMILES string of the molecule is O=C(CNCC(F)(F)F)NC1C2CCC(C2)C1C(=O)O. The molecule has 2 aliphatic carbocycles. The van der Waals surface area contributed by atoms with Crippen molar-refractivity contribution in [2.75, 3.05) is 13.1 Å². The van der Waals surface area contributed by atoms with E-state index in [-0.39, 0.29) is 11.8 Å². The van der Waals surface area contributed by atoms with E-state index in [9.17, 15) is 27.9 Å². The molecule has 3 N–H and O–H groups in total. The number of amides is 1. The standard InChI is InChI=1S/C12H17F3N2O3/c13-12(14,15)5-16-4-8(18)17-10-7-2-1-6(3-7)9(10)11(19)20/h6-7,9-10,16H,1-5H2,(H,17,18)(H,19,20). The molecule has 2 bridgehead atoms. The number of fused-ring (bicyclic) bond motifs is 2. The van der Waals surface area contributed by atoms with Gasteiger partial charge < -0.3 is 15.7 Å². The maximum Gasteiger partial charge on any atom is 0.401 e. The minimum atomic E-state index is -4.36. The minimum absolute atomic E-state index is 0.0749. The minimum Gasteiger partial charge on any atom is -0.481 e. The summed E-state index contributed by atoms with van der Waals surface area (Å²) in [4.78, 5) is 22.8. The molecule has 0 saturated heterocycles. The second kappa shape index (κ2) is 5.59. The average Bonchev–Trinajstić information content (AvgIpc) is 2.86. The normalized spacial score (nSPS) is 32.4. The lowest BCUT2D eigenvalue weighted by Crippen LogP contribution is -2.49. The Morgan fingerprint density at radius 2 is 1.85 bits per heavy atom. The molecule has 2 rings (SSSR count). The highest BCUT2D eigenvalue weighted by Gasteiger charge is 2.51. The molecule has 4 atom stereocenters. The van der Waals surface area contributed by atoms with E-state index in [0.29, 0.717) is 0 Å². The van der Waals surface area contributed by atoms with Crippen molar-refractivity contribution in [2.24, 2.45) is 17.8 Å². The van der Waals surface area contributed by atoms with Crippen molar-refractivity contribution in [1.82, 2.24) is 10.6 Å². The Kier molecular flexibility index (Phi) is 4.22. The molecule has 2 aliphatic rings. The lowest BCUT2D eigenvalue weighted by atomic mass is 9.84. The topological polar surface area (TPSA) is 78.4 Å². The number of carboxylic acids is 1. The van der Waals surface area contributed by atoms with E-state index in [1.54, 1.807) is 0 Å². The molecule has 0 heterocycles. The van der Waals surface area contributed by atoms with Crippen molar-refractivity contribution >= 4 is 11.9 Å². The molecule has 0 aliphatic heterocycles. The van der Waals surface area contributed by atoms with Crippen LogP contribution < -0.4 is 10.6 Å². The highest BCUT2D eigenvalue weighted by molar-refractivity contribution is 5.80. The van der Waals surface area contributed by atoms with Gasteiger partial charge >= 0.3 is 12.1 Å². The summed E-state index contributed by atoms with van der Waals surface area (Å²) in [7, 11) is 0. The Balaban J connectivity index is 1.83. The largest absolute Gasteiger partial charge is 0.481 e. The Labute approximate surface area is 113 Å². The van der Waals surface area contributed by atoms with E-state index >= 15 is 0 Å². The summed E-state index contributed by atoms with van der Waals surface area (Å²) < 4.78 is 35.8. The van der Waals surface area contributed by atoms with Crippen LogP contribution in [0, 0.1) is 17.8 Å². The first-order valence-electron chi connectivity index (χ1n) is 6.57. The molecule has 0 aromatic carbocycles. The van der Waals surface area contributed by atoms with Crippen molar-refractivity contribution in [3.05, 3.63) is 0 Å². The summed E-state index contributed by atoms with van der Waals surface area (Å²) in [6.07, 6.45) is -1.87. The number of halogens is 3. The van der Waals surface area contributed by atoms with Crippen LogP contribution in [0.2, 0.25) is 0 Å². The van der Waals surface area contributed by atoms with E-state index in [1.807, 2.05) is 5.32 Å². The number of hydrogen-bond donors (Lipinski definition) is 3. The van der Waals surface area contributed by atoms with Crippen molar-refractivity contribution in [3.63, 3.8) is 0 Å². The van der Waals surface area contributed by atoms with Crippen molar-refractivity contribution in [2.45, 2.75) is 31.5 Å². The number of carboxylic acid groups (broad SMARTS) is 1. The Hall–Kier alpha value is -1.31. The van der Waals surface area contributed by atoms with Gasteiger partial charge in [-0.2, -0.15) is 13.2 Å². The molecule has 8 heteroatoms. The Morgan fingerprint density at radius 3 is 2.45 bits per heavy atom. The third-order valence-corrected chi connectivity index (χ3v) is 4.14. The summed E-state index contributed by atoms with van der Waals surface area (Å²) in [5.41, 5.74) is 0. The second-order valence-corrected chi connectivity index (χ2v) is 5.51.